The molecular weight excluding hydrogens is 408 g/mol. The Balaban J connectivity index is 1.70. The normalized spacial score (nSPS) is 16.8. The highest BCUT2D eigenvalue weighted by atomic mass is 79.9. The number of nitrogens with zero attached hydrogens (tertiary/aromatic N) is 2. The van der Waals surface area contributed by atoms with E-state index in [1.54, 1.807) is 0 Å². The molecule has 28 heavy (non-hydrogen) atoms. The van der Waals surface area contributed by atoms with E-state index < -0.39 is 0 Å². The summed E-state index contributed by atoms with van der Waals surface area (Å²) in [6.45, 7) is 5.29. The summed E-state index contributed by atoms with van der Waals surface area (Å²) in [5, 5.41) is 10.3. The third-order valence-corrected chi connectivity index (χ3v) is 6.88. The third kappa shape index (κ3) is 5.04. The minimum atomic E-state index is -0.344. The van der Waals surface area contributed by atoms with E-state index >= 15 is 0 Å². The van der Waals surface area contributed by atoms with Gasteiger partial charge in [0.05, 0.1) is 11.5 Å². The fourth-order valence-electron chi connectivity index (χ4n) is 4.73. The van der Waals surface area contributed by atoms with E-state index in [1.165, 1.54) is 36.8 Å². The standard InChI is InChI=1S/C25H31BrN2/c1-2-28(19-21-9-4-3-5-10-21)18-8-17-25(20-27,22-11-6-7-12-22)23-13-15-24(26)16-14-23/h3-5,9-10,13-16,22H,2,6-8,11-12,17-19H2,1H3. The van der Waals surface area contributed by atoms with Gasteiger partial charge in [-0.25, -0.2) is 0 Å². The monoisotopic (exact) mass is 438 g/mol. The Kier molecular flexibility index (Phi) is 7.71. The molecule has 1 unspecified atom stereocenters. The molecule has 1 aliphatic rings. The van der Waals surface area contributed by atoms with E-state index in [0.29, 0.717) is 5.92 Å². The van der Waals surface area contributed by atoms with Crippen molar-refractivity contribution in [2.75, 3.05) is 13.1 Å². The van der Waals surface area contributed by atoms with Crippen molar-refractivity contribution in [1.29, 1.82) is 5.26 Å². The molecule has 0 spiro atoms. The van der Waals surface area contributed by atoms with Crippen molar-refractivity contribution < 1.29 is 0 Å². The molecule has 0 saturated heterocycles. The van der Waals surface area contributed by atoms with Crippen LogP contribution in [0.5, 0.6) is 0 Å². The molecule has 0 amide bonds. The van der Waals surface area contributed by atoms with E-state index in [4.69, 9.17) is 0 Å². The molecule has 2 aromatic rings. The number of hydrogen-bond donors (Lipinski definition) is 0. The van der Waals surface area contributed by atoms with E-state index in [2.05, 4.69) is 88.4 Å². The highest BCUT2D eigenvalue weighted by Gasteiger charge is 2.41. The van der Waals surface area contributed by atoms with E-state index in [1.807, 2.05) is 0 Å². The zero-order chi connectivity index (χ0) is 19.8. The van der Waals surface area contributed by atoms with E-state index in [-0.39, 0.29) is 5.41 Å². The molecule has 2 aromatic carbocycles. The molecule has 0 aliphatic heterocycles. The Morgan fingerprint density at radius 1 is 1.07 bits per heavy atom. The van der Waals surface area contributed by atoms with Gasteiger partial charge in [0.25, 0.3) is 0 Å². The van der Waals surface area contributed by atoms with Crippen molar-refractivity contribution >= 4 is 15.9 Å². The maximum Gasteiger partial charge on any atom is 0.0850 e. The van der Waals surface area contributed by atoms with Gasteiger partial charge in [-0.3, -0.25) is 4.90 Å². The van der Waals surface area contributed by atoms with Gasteiger partial charge in [0.2, 0.25) is 0 Å². The van der Waals surface area contributed by atoms with Crippen LogP contribution in [0.1, 0.15) is 56.6 Å². The Morgan fingerprint density at radius 2 is 1.75 bits per heavy atom. The Morgan fingerprint density at radius 3 is 2.36 bits per heavy atom. The van der Waals surface area contributed by atoms with Crippen molar-refractivity contribution in [3.63, 3.8) is 0 Å². The summed E-state index contributed by atoms with van der Waals surface area (Å²) < 4.78 is 1.08. The molecule has 2 nitrogen and oxygen atoms in total. The van der Waals surface area contributed by atoms with Crippen LogP contribution in [-0.2, 0) is 12.0 Å². The quantitative estimate of drug-likeness (QED) is 0.435. The van der Waals surface area contributed by atoms with Gasteiger partial charge in [-0.15, -0.1) is 0 Å². The summed E-state index contributed by atoms with van der Waals surface area (Å²) in [5.41, 5.74) is 2.22. The zero-order valence-electron chi connectivity index (χ0n) is 16.9. The summed E-state index contributed by atoms with van der Waals surface area (Å²) in [7, 11) is 0. The summed E-state index contributed by atoms with van der Waals surface area (Å²) >= 11 is 3.54. The number of nitriles is 1. The number of rotatable bonds is 9. The predicted molar refractivity (Wildman–Crippen MR) is 120 cm³/mol. The minimum Gasteiger partial charge on any atom is -0.299 e. The molecule has 0 N–H and O–H groups in total. The van der Waals surface area contributed by atoms with Crippen molar-refractivity contribution in [3.05, 3.63) is 70.2 Å². The molecule has 148 valence electrons. The Bertz CT molecular complexity index is 759. The summed E-state index contributed by atoms with van der Waals surface area (Å²) in [6.07, 6.45) is 6.90. The first-order valence-corrected chi connectivity index (χ1v) is 11.4. The topological polar surface area (TPSA) is 27.0 Å². The van der Waals surface area contributed by atoms with Crippen LogP contribution in [0.3, 0.4) is 0 Å². The molecule has 1 saturated carbocycles. The van der Waals surface area contributed by atoms with Gasteiger partial charge in [-0.2, -0.15) is 5.26 Å². The summed E-state index contributed by atoms with van der Waals surface area (Å²) in [6, 6.07) is 22.0. The Hall–Kier alpha value is -1.63. The maximum absolute atomic E-state index is 10.3. The first-order chi connectivity index (χ1) is 13.7. The second kappa shape index (κ2) is 10.2. The van der Waals surface area contributed by atoms with Gasteiger partial charge in [-0.1, -0.05) is 78.2 Å². The summed E-state index contributed by atoms with van der Waals surface area (Å²) in [5.74, 6) is 0.489. The molecule has 0 bridgehead atoms. The largest absolute Gasteiger partial charge is 0.299 e. The fraction of sp³-hybridized carbons (Fsp3) is 0.480. The second-order valence-corrected chi connectivity index (χ2v) is 8.95. The number of benzene rings is 2. The molecule has 3 rings (SSSR count). The van der Waals surface area contributed by atoms with Crippen LogP contribution in [-0.4, -0.2) is 18.0 Å². The third-order valence-electron chi connectivity index (χ3n) is 6.35. The highest BCUT2D eigenvalue weighted by molar-refractivity contribution is 9.10. The molecule has 0 heterocycles. The van der Waals surface area contributed by atoms with Crippen LogP contribution in [0.25, 0.3) is 0 Å². The molecular formula is C25H31BrN2. The second-order valence-electron chi connectivity index (χ2n) is 8.03. The fourth-order valence-corrected chi connectivity index (χ4v) is 5.00. The van der Waals surface area contributed by atoms with Crippen LogP contribution in [0, 0.1) is 17.2 Å². The number of halogens is 1. The summed E-state index contributed by atoms with van der Waals surface area (Å²) in [4.78, 5) is 2.49. The van der Waals surface area contributed by atoms with Crippen LogP contribution < -0.4 is 0 Å². The van der Waals surface area contributed by atoms with Gasteiger partial charge in [0.1, 0.15) is 0 Å². The molecule has 0 radical (unpaired) electrons. The number of hydrogen-bond acceptors (Lipinski definition) is 2. The van der Waals surface area contributed by atoms with Crippen molar-refractivity contribution in [1.82, 2.24) is 4.90 Å². The molecule has 1 atom stereocenters. The molecule has 1 aliphatic carbocycles. The van der Waals surface area contributed by atoms with Crippen molar-refractivity contribution in [2.24, 2.45) is 5.92 Å². The zero-order valence-corrected chi connectivity index (χ0v) is 18.5. The van der Waals surface area contributed by atoms with Gasteiger partial charge in [-0.05, 0) is 68.0 Å². The van der Waals surface area contributed by atoms with E-state index in [9.17, 15) is 5.26 Å². The SMILES string of the molecule is CCN(CCCC(C#N)(c1ccc(Br)cc1)C1CCCC1)Cc1ccccc1. The van der Waals surface area contributed by atoms with Gasteiger partial charge < -0.3 is 0 Å². The molecule has 0 aromatic heterocycles. The lowest BCUT2D eigenvalue weighted by atomic mass is 9.67. The average Bonchev–Trinajstić information content (AvgIpc) is 3.27. The van der Waals surface area contributed by atoms with Crippen LogP contribution >= 0.6 is 15.9 Å². The first kappa shape index (κ1) is 21.1. The van der Waals surface area contributed by atoms with Crippen LogP contribution in [0.2, 0.25) is 0 Å². The minimum absolute atomic E-state index is 0.344. The maximum atomic E-state index is 10.3. The van der Waals surface area contributed by atoms with Crippen molar-refractivity contribution in [2.45, 2.75) is 57.4 Å². The first-order valence-electron chi connectivity index (χ1n) is 10.6. The van der Waals surface area contributed by atoms with Gasteiger partial charge in [0.15, 0.2) is 0 Å². The average molecular weight is 439 g/mol. The van der Waals surface area contributed by atoms with Gasteiger partial charge in [0, 0.05) is 11.0 Å². The van der Waals surface area contributed by atoms with Gasteiger partial charge >= 0.3 is 0 Å². The lowest BCUT2D eigenvalue weighted by Gasteiger charge is -2.34. The van der Waals surface area contributed by atoms with Crippen LogP contribution in [0.15, 0.2) is 59.1 Å². The Labute approximate surface area is 178 Å². The lowest BCUT2D eigenvalue weighted by molar-refractivity contribution is 0.247. The smallest absolute Gasteiger partial charge is 0.0850 e. The molecule has 3 heteroatoms. The lowest BCUT2D eigenvalue weighted by Crippen LogP contribution is -2.34. The van der Waals surface area contributed by atoms with Crippen molar-refractivity contribution in [3.8, 4) is 6.07 Å². The molecule has 1 fully saturated rings. The predicted octanol–water partition coefficient (Wildman–Crippen LogP) is 6.70. The van der Waals surface area contributed by atoms with Crippen LogP contribution in [0.4, 0.5) is 0 Å². The highest BCUT2D eigenvalue weighted by Crippen LogP contribution is 2.45. The van der Waals surface area contributed by atoms with E-state index in [0.717, 1.165) is 36.9 Å².